The molecule has 0 radical (unpaired) electrons. The highest BCUT2D eigenvalue weighted by atomic mass is 32.1. The average molecular weight is 553 g/mol. The van der Waals surface area contributed by atoms with Crippen molar-refractivity contribution in [3.05, 3.63) is 69.6 Å². The highest BCUT2D eigenvalue weighted by Crippen LogP contribution is 2.32. The summed E-state index contributed by atoms with van der Waals surface area (Å²) in [4.78, 5) is 12.6. The molecule has 2 aliphatic heterocycles. The minimum atomic E-state index is 0.517. The van der Waals surface area contributed by atoms with Crippen LogP contribution in [0.4, 0.5) is 11.4 Å². The molecule has 0 unspecified atom stereocenters. The van der Waals surface area contributed by atoms with E-state index in [2.05, 4.69) is 57.2 Å². The molecule has 2 aliphatic rings. The second kappa shape index (κ2) is 11.9. The van der Waals surface area contributed by atoms with Gasteiger partial charge in [-0.2, -0.15) is 5.26 Å². The zero-order valence-electron chi connectivity index (χ0n) is 23.2. The van der Waals surface area contributed by atoms with Crippen LogP contribution in [0.1, 0.15) is 59.5 Å². The van der Waals surface area contributed by atoms with Crippen molar-refractivity contribution in [2.45, 2.75) is 51.5 Å². The summed E-state index contributed by atoms with van der Waals surface area (Å²) in [5, 5.41) is 21.4. The first kappa shape index (κ1) is 26.7. The Labute approximate surface area is 240 Å². The number of hydrogen-bond acceptors (Lipinski definition) is 6. The number of H-pyrrole nitrogens is 1. The highest BCUT2D eigenvalue weighted by Gasteiger charge is 2.38. The van der Waals surface area contributed by atoms with Crippen molar-refractivity contribution in [3.63, 3.8) is 0 Å². The van der Waals surface area contributed by atoms with Crippen molar-refractivity contribution in [1.82, 2.24) is 20.3 Å². The average Bonchev–Trinajstić information content (AvgIpc) is 3.68. The first-order valence-electron chi connectivity index (χ1n) is 14.6. The fraction of sp³-hybridized carbons (Fsp3) is 0.406. The maximum absolute atomic E-state index is 9.82. The lowest BCUT2D eigenvalue weighted by molar-refractivity contribution is -0.956. The number of nitriles is 1. The summed E-state index contributed by atoms with van der Waals surface area (Å²) in [5.74, 6) is 0. The monoisotopic (exact) mass is 552 g/mol. The summed E-state index contributed by atoms with van der Waals surface area (Å²) in [7, 11) is 0. The van der Waals surface area contributed by atoms with Gasteiger partial charge in [-0.3, -0.25) is 4.98 Å². The van der Waals surface area contributed by atoms with Gasteiger partial charge in [0.05, 0.1) is 47.6 Å². The Hall–Kier alpha value is -3.51. The van der Waals surface area contributed by atoms with Crippen LogP contribution >= 0.6 is 11.3 Å². The second-order valence-corrected chi connectivity index (χ2v) is 12.2. The van der Waals surface area contributed by atoms with E-state index in [0.717, 1.165) is 59.3 Å². The molecule has 0 spiro atoms. The number of pyridine rings is 1. The molecule has 206 valence electrons. The summed E-state index contributed by atoms with van der Waals surface area (Å²) in [6.45, 7) is 8.29. The molecule has 0 amide bonds. The Balaban J connectivity index is 1.18. The number of anilines is 2. The zero-order valence-corrected chi connectivity index (χ0v) is 24.1. The SMILES string of the molecule is Cc1c(Nc2c(C#N)cncc2/C=C/c2csc(CC[N+]3(C4CCNCC4)CCCCC3)n2)ccc2[nH]ccc12. The lowest BCUT2D eigenvalue weighted by Gasteiger charge is -2.48. The summed E-state index contributed by atoms with van der Waals surface area (Å²) in [6, 6.07) is 9.30. The maximum atomic E-state index is 9.82. The van der Waals surface area contributed by atoms with Crippen LogP contribution in [0.3, 0.4) is 0 Å². The van der Waals surface area contributed by atoms with Crippen LogP contribution in [-0.4, -0.2) is 58.2 Å². The van der Waals surface area contributed by atoms with Gasteiger partial charge in [-0.05, 0) is 62.1 Å². The van der Waals surface area contributed by atoms with Crippen molar-refractivity contribution in [3.8, 4) is 6.07 Å². The molecule has 6 rings (SSSR count). The minimum Gasteiger partial charge on any atom is -0.361 e. The molecular weight excluding hydrogens is 514 g/mol. The van der Waals surface area contributed by atoms with Gasteiger partial charge in [-0.1, -0.05) is 0 Å². The number of nitrogens with one attached hydrogen (secondary N) is 3. The van der Waals surface area contributed by atoms with Gasteiger partial charge in [-0.15, -0.1) is 11.3 Å². The standard InChI is InChI=1S/C32H38N7S/c1-23-28-11-15-36-30(28)8-7-29(23)38-32-24(20-35-21-25(32)19-33)5-6-26-22-40-31(37-26)12-18-39(16-3-2-4-17-39)27-9-13-34-14-10-27/h5-8,11,15,20-22,27,34,36H,2-4,9-10,12-14,16-18H2,1H3,(H,35,38)/q+1/b6-5+. The molecule has 5 heterocycles. The number of aromatic amines is 1. The molecule has 2 saturated heterocycles. The van der Waals surface area contributed by atoms with Gasteiger partial charge in [0.1, 0.15) is 6.07 Å². The fourth-order valence-corrected chi connectivity index (χ4v) is 7.41. The van der Waals surface area contributed by atoms with Crippen molar-refractivity contribution < 1.29 is 4.48 Å². The third-order valence-electron chi connectivity index (χ3n) is 8.92. The molecule has 0 saturated carbocycles. The largest absolute Gasteiger partial charge is 0.361 e. The van der Waals surface area contributed by atoms with Crippen molar-refractivity contribution in [1.29, 1.82) is 5.26 Å². The molecule has 40 heavy (non-hydrogen) atoms. The predicted octanol–water partition coefficient (Wildman–Crippen LogP) is 6.41. The number of likely N-dealkylation sites (tertiary alicyclic amines) is 1. The molecule has 8 heteroatoms. The Morgan fingerprint density at radius 3 is 2.80 bits per heavy atom. The lowest BCUT2D eigenvalue weighted by Crippen LogP contribution is -2.61. The molecule has 2 fully saturated rings. The van der Waals surface area contributed by atoms with Gasteiger partial charge in [0.25, 0.3) is 0 Å². The topological polar surface area (TPSA) is 89.4 Å². The Bertz CT molecular complexity index is 1530. The van der Waals surface area contributed by atoms with E-state index >= 15 is 0 Å². The van der Waals surface area contributed by atoms with Crippen molar-refractivity contribution in [2.75, 3.05) is 38.0 Å². The van der Waals surface area contributed by atoms with E-state index in [1.807, 2.05) is 18.3 Å². The third-order valence-corrected chi connectivity index (χ3v) is 9.85. The number of fused-ring (bicyclic) bond motifs is 1. The van der Waals surface area contributed by atoms with Crippen LogP contribution in [-0.2, 0) is 6.42 Å². The quantitative estimate of drug-likeness (QED) is 0.220. The normalized spacial score (nSPS) is 17.8. The van der Waals surface area contributed by atoms with E-state index in [1.165, 1.54) is 66.6 Å². The molecule has 0 aliphatic carbocycles. The van der Waals surface area contributed by atoms with Crippen LogP contribution in [0, 0.1) is 18.3 Å². The van der Waals surface area contributed by atoms with E-state index in [9.17, 15) is 5.26 Å². The first-order valence-corrected chi connectivity index (χ1v) is 15.4. The van der Waals surface area contributed by atoms with E-state index in [0.29, 0.717) is 5.56 Å². The number of benzene rings is 1. The van der Waals surface area contributed by atoms with Crippen LogP contribution in [0.2, 0.25) is 0 Å². The smallest absolute Gasteiger partial charge is 0.103 e. The Kier molecular flexibility index (Phi) is 7.96. The number of aryl methyl sites for hydroxylation is 1. The van der Waals surface area contributed by atoms with Gasteiger partial charge in [0.2, 0.25) is 0 Å². The second-order valence-electron chi connectivity index (χ2n) is 11.2. The Morgan fingerprint density at radius 2 is 1.98 bits per heavy atom. The number of hydrogen-bond donors (Lipinski definition) is 3. The number of aromatic nitrogens is 3. The molecule has 4 aromatic rings. The number of thiazole rings is 1. The predicted molar refractivity (Wildman–Crippen MR) is 165 cm³/mol. The maximum Gasteiger partial charge on any atom is 0.103 e. The zero-order chi connectivity index (χ0) is 27.4. The number of rotatable bonds is 8. The summed E-state index contributed by atoms with van der Waals surface area (Å²) < 4.78 is 1.29. The van der Waals surface area contributed by atoms with Crippen LogP contribution in [0.15, 0.2) is 42.2 Å². The molecule has 3 aromatic heterocycles. The molecule has 0 bridgehead atoms. The van der Waals surface area contributed by atoms with Crippen LogP contribution in [0.5, 0.6) is 0 Å². The summed E-state index contributed by atoms with van der Waals surface area (Å²) >= 11 is 1.77. The Morgan fingerprint density at radius 1 is 1.12 bits per heavy atom. The van der Waals surface area contributed by atoms with Crippen molar-refractivity contribution >= 4 is 45.8 Å². The molecule has 1 aromatic carbocycles. The molecule has 3 N–H and O–H groups in total. The summed E-state index contributed by atoms with van der Waals surface area (Å²) in [6.07, 6.45) is 17.2. The molecule has 7 nitrogen and oxygen atoms in total. The lowest BCUT2D eigenvalue weighted by atomic mass is 9.96. The van der Waals surface area contributed by atoms with Crippen molar-refractivity contribution in [2.24, 2.45) is 0 Å². The van der Waals surface area contributed by atoms with Crippen LogP contribution < -0.4 is 10.6 Å². The number of piperidine rings is 2. The first-order chi connectivity index (χ1) is 19.6. The number of quaternary nitrogens is 1. The van der Waals surface area contributed by atoms with Gasteiger partial charge in [0, 0.05) is 78.5 Å². The van der Waals surface area contributed by atoms with Gasteiger partial charge < -0.3 is 20.1 Å². The van der Waals surface area contributed by atoms with Crippen LogP contribution in [0.25, 0.3) is 23.1 Å². The molecule has 0 atom stereocenters. The number of nitrogens with zero attached hydrogens (tertiary/aromatic N) is 4. The van der Waals surface area contributed by atoms with E-state index in [-0.39, 0.29) is 0 Å². The highest BCUT2D eigenvalue weighted by molar-refractivity contribution is 7.09. The summed E-state index contributed by atoms with van der Waals surface area (Å²) in [5.41, 5.74) is 6.32. The van der Waals surface area contributed by atoms with E-state index in [4.69, 9.17) is 4.98 Å². The van der Waals surface area contributed by atoms with Gasteiger partial charge in [-0.25, -0.2) is 4.98 Å². The van der Waals surface area contributed by atoms with Gasteiger partial charge in [0.15, 0.2) is 0 Å². The van der Waals surface area contributed by atoms with Gasteiger partial charge >= 0.3 is 0 Å². The van der Waals surface area contributed by atoms with E-state index in [1.54, 1.807) is 23.7 Å². The third kappa shape index (κ3) is 5.55. The minimum absolute atomic E-state index is 0.517. The molecular formula is C32H38N7S+. The van der Waals surface area contributed by atoms with E-state index < -0.39 is 0 Å². The fourth-order valence-electron chi connectivity index (χ4n) is 6.66.